The number of amidine groups is 1. The molecule has 0 aliphatic carbocycles. The molecule has 3 amide bonds. The van der Waals surface area contributed by atoms with Crippen molar-refractivity contribution < 1.29 is 18.9 Å². The van der Waals surface area contributed by atoms with Crippen molar-refractivity contribution in [2.75, 3.05) is 39.0 Å². The van der Waals surface area contributed by atoms with Crippen LogP contribution in [-0.2, 0) is 4.79 Å². The SMILES string of the molecule is CC1=NN(CCNc2ccc(Oc3ccccc3)cc2)C2=[N+](C1)C1C(=O)N(C)C(=O)N(C)C1=N2. The zero-order chi connectivity index (χ0) is 23.8. The predicted octanol–water partition coefficient (Wildman–Crippen LogP) is 2.26. The first-order valence-electron chi connectivity index (χ1n) is 11.1. The Morgan fingerprint density at radius 2 is 1.74 bits per heavy atom. The molecule has 1 unspecified atom stereocenters. The second kappa shape index (κ2) is 8.62. The van der Waals surface area contributed by atoms with Crippen LogP contribution in [0, 0.1) is 0 Å². The van der Waals surface area contributed by atoms with Gasteiger partial charge in [-0.1, -0.05) is 23.2 Å². The third-order valence-electron chi connectivity index (χ3n) is 5.92. The number of amides is 3. The van der Waals surface area contributed by atoms with E-state index >= 15 is 0 Å². The molecule has 3 aliphatic rings. The number of nitrogens with zero attached hydrogens (tertiary/aromatic N) is 6. The number of carbonyl (C=O) groups is 2. The molecule has 0 aromatic heterocycles. The first kappa shape index (κ1) is 21.6. The van der Waals surface area contributed by atoms with Crippen LogP contribution in [0.15, 0.2) is 64.7 Å². The summed E-state index contributed by atoms with van der Waals surface area (Å²) in [7, 11) is 3.14. The van der Waals surface area contributed by atoms with Crippen LogP contribution in [0.1, 0.15) is 6.92 Å². The lowest BCUT2D eigenvalue weighted by molar-refractivity contribution is -0.527. The van der Waals surface area contributed by atoms with Crippen LogP contribution in [0.4, 0.5) is 10.5 Å². The molecular weight excluding hydrogens is 434 g/mol. The number of urea groups is 1. The van der Waals surface area contributed by atoms with E-state index in [1.807, 2.05) is 66.1 Å². The van der Waals surface area contributed by atoms with Crippen molar-refractivity contribution in [2.24, 2.45) is 10.1 Å². The molecule has 3 heterocycles. The van der Waals surface area contributed by atoms with Gasteiger partial charge in [-0.3, -0.25) is 14.6 Å². The molecule has 0 saturated carbocycles. The van der Waals surface area contributed by atoms with Crippen molar-refractivity contribution in [3.63, 3.8) is 0 Å². The third-order valence-corrected chi connectivity index (χ3v) is 5.92. The number of hydrazone groups is 1. The zero-order valence-electron chi connectivity index (χ0n) is 19.3. The Hall–Kier alpha value is -4.21. The Labute approximate surface area is 197 Å². The lowest BCUT2D eigenvalue weighted by atomic mass is 10.1. The first-order chi connectivity index (χ1) is 16.4. The van der Waals surface area contributed by atoms with E-state index in [2.05, 4.69) is 15.4 Å². The number of guanidine groups is 1. The normalized spacial score (nSPS) is 19.6. The summed E-state index contributed by atoms with van der Waals surface area (Å²) in [5.74, 6) is 2.31. The fourth-order valence-electron chi connectivity index (χ4n) is 4.20. The topological polar surface area (TPSA) is 92.8 Å². The number of benzene rings is 2. The van der Waals surface area contributed by atoms with Gasteiger partial charge in [0.2, 0.25) is 11.9 Å². The summed E-state index contributed by atoms with van der Waals surface area (Å²) in [6.07, 6.45) is 0. The van der Waals surface area contributed by atoms with Gasteiger partial charge < -0.3 is 10.1 Å². The highest BCUT2D eigenvalue weighted by Crippen LogP contribution is 2.24. The maximum atomic E-state index is 12.8. The van der Waals surface area contributed by atoms with Gasteiger partial charge in [-0.05, 0) is 43.3 Å². The number of imide groups is 1. The molecule has 1 fully saturated rings. The van der Waals surface area contributed by atoms with Gasteiger partial charge in [-0.25, -0.2) is 9.37 Å². The van der Waals surface area contributed by atoms with Gasteiger partial charge >= 0.3 is 12.0 Å². The lowest BCUT2D eigenvalue weighted by Crippen LogP contribution is -2.62. The number of fused-ring (bicyclic) bond motifs is 2. The molecule has 34 heavy (non-hydrogen) atoms. The van der Waals surface area contributed by atoms with Gasteiger partial charge in [0.25, 0.3) is 5.91 Å². The lowest BCUT2D eigenvalue weighted by Gasteiger charge is -2.32. The Kier molecular flexibility index (Phi) is 5.48. The van der Waals surface area contributed by atoms with Gasteiger partial charge in [0.15, 0.2) is 0 Å². The van der Waals surface area contributed by atoms with Crippen molar-refractivity contribution in [1.29, 1.82) is 0 Å². The smallest absolute Gasteiger partial charge is 0.416 e. The number of hydrogen-bond acceptors (Lipinski definition) is 7. The first-order valence-corrected chi connectivity index (χ1v) is 11.1. The maximum absolute atomic E-state index is 12.8. The largest absolute Gasteiger partial charge is 0.457 e. The van der Waals surface area contributed by atoms with Gasteiger partial charge in [0.05, 0.1) is 5.71 Å². The summed E-state index contributed by atoms with van der Waals surface area (Å²) < 4.78 is 7.75. The number of carbonyl (C=O) groups excluding carboxylic acids is 2. The molecule has 5 rings (SSSR count). The Bertz CT molecular complexity index is 1220. The molecule has 1 saturated heterocycles. The van der Waals surface area contributed by atoms with Crippen molar-refractivity contribution in [1.82, 2.24) is 14.8 Å². The van der Waals surface area contributed by atoms with Gasteiger partial charge in [0.1, 0.15) is 24.6 Å². The van der Waals surface area contributed by atoms with E-state index in [9.17, 15) is 9.59 Å². The summed E-state index contributed by atoms with van der Waals surface area (Å²) in [5, 5.41) is 9.81. The van der Waals surface area contributed by atoms with Gasteiger partial charge in [-0.15, -0.1) is 10.1 Å². The molecule has 174 valence electrons. The molecule has 10 heteroatoms. The summed E-state index contributed by atoms with van der Waals surface area (Å²) in [6, 6.07) is 16.4. The molecule has 0 bridgehead atoms. The van der Waals surface area contributed by atoms with Gasteiger partial charge in [-0.2, -0.15) is 0 Å². The van der Waals surface area contributed by atoms with Crippen LogP contribution in [0.5, 0.6) is 11.5 Å². The van der Waals surface area contributed by atoms with Crippen molar-refractivity contribution in [3.05, 3.63) is 54.6 Å². The highest BCUT2D eigenvalue weighted by atomic mass is 16.5. The number of rotatable bonds is 6. The minimum atomic E-state index is -0.610. The van der Waals surface area contributed by atoms with Crippen LogP contribution in [0.3, 0.4) is 0 Å². The highest BCUT2D eigenvalue weighted by molar-refractivity contribution is 6.23. The van der Waals surface area contributed by atoms with E-state index in [0.29, 0.717) is 31.4 Å². The molecule has 10 nitrogen and oxygen atoms in total. The molecule has 1 N–H and O–H groups in total. The number of ether oxygens (including phenoxy) is 1. The molecule has 0 spiro atoms. The Morgan fingerprint density at radius 3 is 2.47 bits per heavy atom. The van der Waals surface area contributed by atoms with Crippen LogP contribution >= 0.6 is 0 Å². The summed E-state index contributed by atoms with van der Waals surface area (Å²) >= 11 is 0. The van der Waals surface area contributed by atoms with E-state index in [1.165, 1.54) is 11.9 Å². The van der Waals surface area contributed by atoms with Gasteiger partial charge in [0, 0.05) is 26.3 Å². The zero-order valence-corrected chi connectivity index (χ0v) is 19.3. The van der Waals surface area contributed by atoms with E-state index in [-0.39, 0.29) is 11.9 Å². The van der Waals surface area contributed by atoms with Crippen LogP contribution in [0.25, 0.3) is 0 Å². The maximum Gasteiger partial charge on any atom is 0.416 e. The van der Waals surface area contributed by atoms with E-state index in [1.54, 1.807) is 12.1 Å². The quantitative estimate of drug-likeness (QED) is 0.668. The number of anilines is 1. The Balaban J connectivity index is 1.25. The fourth-order valence-corrected chi connectivity index (χ4v) is 4.20. The number of nitrogens with one attached hydrogen (secondary N) is 1. The minimum absolute atomic E-state index is 0.276. The number of aliphatic imine (C=N–C) groups is 1. The van der Waals surface area contributed by atoms with Crippen molar-refractivity contribution >= 4 is 35.1 Å². The Morgan fingerprint density at radius 1 is 1.03 bits per heavy atom. The van der Waals surface area contributed by atoms with Crippen molar-refractivity contribution in [2.45, 2.75) is 13.0 Å². The predicted molar refractivity (Wildman–Crippen MR) is 129 cm³/mol. The summed E-state index contributed by atoms with van der Waals surface area (Å²) in [5.41, 5.74) is 1.83. The highest BCUT2D eigenvalue weighted by Gasteiger charge is 2.53. The van der Waals surface area contributed by atoms with E-state index < -0.39 is 6.04 Å². The van der Waals surface area contributed by atoms with Crippen molar-refractivity contribution in [3.8, 4) is 11.5 Å². The number of para-hydroxylation sites is 1. The molecule has 0 radical (unpaired) electrons. The molecule has 2 aromatic carbocycles. The second-order valence-electron chi connectivity index (χ2n) is 8.36. The number of likely N-dealkylation sites (N-methyl/N-ethyl adjacent to an activating group) is 2. The summed E-state index contributed by atoms with van der Waals surface area (Å²) in [6.45, 7) is 3.55. The standard InChI is InChI=1S/C24H26N7O3/c1-16-15-30-20-21(28(2)24(33)29(3)22(20)32)26-23(30)31(27-16)14-13-25-17-9-11-19(12-10-17)34-18-7-5-4-6-8-18/h4-12,20,25H,13-15H2,1-3H3/q+1. The van der Waals surface area contributed by atoms with Crippen LogP contribution in [-0.4, -0.2) is 88.6 Å². The minimum Gasteiger partial charge on any atom is -0.457 e. The van der Waals surface area contributed by atoms with Crippen LogP contribution < -0.4 is 10.1 Å². The molecule has 1 atom stereocenters. The van der Waals surface area contributed by atoms with E-state index in [4.69, 9.17) is 4.74 Å². The number of hydrogen-bond donors (Lipinski definition) is 1. The second-order valence-corrected chi connectivity index (χ2v) is 8.36. The average Bonchev–Trinajstić information content (AvgIpc) is 3.23. The third kappa shape index (κ3) is 3.87. The fraction of sp³-hybridized carbons (Fsp3) is 0.292. The average molecular weight is 461 g/mol. The molecular formula is C24H26N7O3+. The summed E-state index contributed by atoms with van der Waals surface area (Å²) in [4.78, 5) is 32.4. The monoisotopic (exact) mass is 460 g/mol. The molecule has 3 aliphatic heterocycles. The molecule has 2 aromatic rings. The van der Waals surface area contributed by atoms with Crippen LogP contribution in [0.2, 0.25) is 0 Å². The van der Waals surface area contributed by atoms with E-state index in [0.717, 1.165) is 27.8 Å².